The van der Waals surface area contributed by atoms with E-state index in [0.717, 1.165) is 25.7 Å². The average Bonchev–Trinajstić information content (AvgIpc) is 3.10. The summed E-state index contributed by atoms with van der Waals surface area (Å²) in [5.41, 5.74) is 12.2. The summed E-state index contributed by atoms with van der Waals surface area (Å²) in [5, 5.41) is 5.96. The fraction of sp³-hybridized carbons (Fsp3) is 0.860. The number of amides is 2. The van der Waals surface area contributed by atoms with Crippen molar-refractivity contribution in [3.63, 3.8) is 0 Å². The molecule has 2 amide bonds. The molecule has 0 radical (unpaired) electrons. The first kappa shape index (κ1) is 47.3. The third-order valence-electron chi connectivity index (χ3n) is 9.68. The molecule has 0 saturated carbocycles. The van der Waals surface area contributed by atoms with Crippen molar-refractivity contribution in [3.05, 3.63) is 24.3 Å². The van der Waals surface area contributed by atoms with E-state index >= 15 is 0 Å². The zero-order valence-electron chi connectivity index (χ0n) is 32.8. The highest BCUT2D eigenvalue weighted by Gasteiger charge is 2.16. The predicted molar refractivity (Wildman–Crippen MR) is 215 cm³/mol. The Balaban J connectivity index is 3.53. The molecule has 0 aromatic heterocycles. The molecule has 0 aliphatic rings. The maximum Gasteiger partial charge on any atom is 0.236 e. The van der Waals surface area contributed by atoms with Gasteiger partial charge in [0.15, 0.2) is 0 Å². The van der Waals surface area contributed by atoms with E-state index in [1.54, 1.807) is 0 Å². The van der Waals surface area contributed by atoms with Gasteiger partial charge in [0.25, 0.3) is 0 Å². The number of nitrogens with two attached hydrogens (primary N) is 2. The second-order valence-electron chi connectivity index (χ2n) is 14.6. The zero-order chi connectivity index (χ0) is 35.9. The molecule has 6 N–H and O–H groups in total. The molecule has 0 saturated heterocycles. The second kappa shape index (κ2) is 39.1. The summed E-state index contributed by atoms with van der Waals surface area (Å²) in [6, 6.07) is -1.07. The molecule has 6 nitrogen and oxygen atoms in total. The highest BCUT2D eigenvalue weighted by atomic mass is 16.2. The molecule has 2 atom stereocenters. The number of allylic oxidation sites excluding steroid dienone is 4. The minimum Gasteiger partial charge on any atom is -0.355 e. The molecule has 2 unspecified atom stereocenters. The maximum absolute atomic E-state index is 12.3. The zero-order valence-corrected chi connectivity index (χ0v) is 32.8. The summed E-state index contributed by atoms with van der Waals surface area (Å²) in [6.07, 6.45) is 47.0. The first-order chi connectivity index (χ1) is 24.0. The van der Waals surface area contributed by atoms with Gasteiger partial charge in [0, 0.05) is 13.1 Å². The lowest BCUT2D eigenvalue weighted by Gasteiger charge is -2.15. The molecular weight excluding hydrogens is 604 g/mol. The molecule has 0 aliphatic heterocycles. The van der Waals surface area contributed by atoms with Crippen LogP contribution < -0.4 is 22.1 Å². The van der Waals surface area contributed by atoms with Gasteiger partial charge in [-0.3, -0.25) is 9.59 Å². The number of carbonyl (C=O) groups is 2. The first-order valence-electron chi connectivity index (χ1n) is 21.4. The van der Waals surface area contributed by atoms with E-state index in [2.05, 4.69) is 48.8 Å². The topological polar surface area (TPSA) is 110 Å². The summed E-state index contributed by atoms with van der Waals surface area (Å²) in [7, 11) is 0. The number of hydrogen-bond acceptors (Lipinski definition) is 4. The van der Waals surface area contributed by atoms with Gasteiger partial charge in [-0.1, -0.05) is 154 Å². The molecule has 0 aromatic rings. The molecule has 6 heteroatoms. The molecule has 288 valence electrons. The Hall–Kier alpha value is -1.66. The lowest BCUT2D eigenvalue weighted by Crippen LogP contribution is -2.42. The Morgan fingerprint density at radius 1 is 0.408 bits per heavy atom. The molecule has 49 heavy (non-hydrogen) atoms. The Kier molecular flexibility index (Phi) is 37.8. The van der Waals surface area contributed by atoms with Gasteiger partial charge in [0.05, 0.1) is 12.1 Å². The van der Waals surface area contributed by atoms with Crippen molar-refractivity contribution in [2.75, 3.05) is 13.1 Å². The molecule has 0 bridgehead atoms. The van der Waals surface area contributed by atoms with Crippen LogP contribution in [0.15, 0.2) is 24.3 Å². The monoisotopic (exact) mass is 689 g/mol. The van der Waals surface area contributed by atoms with Gasteiger partial charge in [0.2, 0.25) is 11.8 Å². The van der Waals surface area contributed by atoms with Crippen molar-refractivity contribution < 1.29 is 9.59 Å². The summed E-state index contributed by atoms with van der Waals surface area (Å²) in [5.74, 6) is -0.184. The molecule has 0 fully saturated rings. The van der Waals surface area contributed by atoms with Crippen LogP contribution in [0.3, 0.4) is 0 Å². The lowest BCUT2D eigenvalue weighted by atomic mass is 10.0. The molecule has 0 rings (SSSR count). The third kappa shape index (κ3) is 36.0. The van der Waals surface area contributed by atoms with Crippen molar-refractivity contribution in [3.8, 4) is 0 Å². The van der Waals surface area contributed by atoms with Crippen molar-refractivity contribution in [1.29, 1.82) is 0 Å². The van der Waals surface area contributed by atoms with Crippen molar-refractivity contribution in [2.24, 2.45) is 11.5 Å². The molecule has 0 aliphatic carbocycles. The number of unbranched alkanes of at least 4 members (excludes halogenated alkanes) is 24. The lowest BCUT2D eigenvalue weighted by molar-refractivity contribution is -0.122. The summed E-state index contributed by atoms with van der Waals surface area (Å²) in [6.45, 7) is 5.91. The van der Waals surface area contributed by atoms with Crippen molar-refractivity contribution >= 4 is 11.8 Å². The van der Waals surface area contributed by atoms with Crippen molar-refractivity contribution in [1.82, 2.24) is 10.6 Å². The average molecular weight is 689 g/mol. The van der Waals surface area contributed by atoms with E-state index in [0.29, 0.717) is 32.4 Å². The van der Waals surface area contributed by atoms with Crippen LogP contribution in [0.2, 0.25) is 0 Å². The number of carbonyl (C=O) groups excluding carboxylic acids is 2. The van der Waals surface area contributed by atoms with Crippen LogP contribution in [0.25, 0.3) is 0 Å². The second-order valence-corrected chi connectivity index (χ2v) is 14.6. The van der Waals surface area contributed by atoms with Gasteiger partial charge >= 0.3 is 0 Å². The third-order valence-corrected chi connectivity index (χ3v) is 9.68. The molecule has 0 heterocycles. The van der Waals surface area contributed by atoms with Crippen LogP contribution in [0.5, 0.6) is 0 Å². The Morgan fingerprint density at radius 2 is 0.673 bits per heavy atom. The SMILES string of the molecule is CCCCCCCCC=CCCCCCCCCNC(=O)C(N)CCCC(N)C(=O)NCCCCCCCCC=CCCCCCCCC. The van der Waals surface area contributed by atoms with E-state index in [1.165, 1.54) is 154 Å². The van der Waals surface area contributed by atoms with Crippen LogP contribution in [-0.4, -0.2) is 37.0 Å². The molecule has 0 aromatic carbocycles. The number of rotatable bonds is 38. The summed E-state index contributed by atoms with van der Waals surface area (Å²) >= 11 is 0. The van der Waals surface area contributed by atoms with E-state index in [1.807, 2.05) is 0 Å². The van der Waals surface area contributed by atoms with Crippen molar-refractivity contribution in [2.45, 2.75) is 225 Å². The van der Waals surface area contributed by atoms with Crippen LogP contribution in [0.4, 0.5) is 0 Å². The highest BCUT2D eigenvalue weighted by Crippen LogP contribution is 2.12. The number of hydrogen-bond donors (Lipinski definition) is 4. The Morgan fingerprint density at radius 3 is 0.980 bits per heavy atom. The number of nitrogens with one attached hydrogen (secondary N) is 2. The smallest absolute Gasteiger partial charge is 0.236 e. The van der Waals surface area contributed by atoms with Crippen LogP contribution in [-0.2, 0) is 9.59 Å². The van der Waals surface area contributed by atoms with E-state index < -0.39 is 12.1 Å². The van der Waals surface area contributed by atoms with E-state index in [9.17, 15) is 9.59 Å². The largest absolute Gasteiger partial charge is 0.355 e. The quantitative estimate of drug-likeness (QED) is 0.0382. The highest BCUT2D eigenvalue weighted by molar-refractivity contribution is 5.82. The fourth-order valence-electron chi connectivity index (χ4n) is 6.25. The van der Waals surface area contributed by atoms with Gasteiger partial charge in [-0.05, 0) is 83.5 Å². The summed E-state index contributed by atoms with van der Waals surface area (Å²) in [4.78, 5) is 24.7. The summed E-state index contributed by atoms with van der Waals surface area (Å²) < 4.78 is 0. The van der Waals surface area contributed by atoms with Crippen LogP contribution >= 0.6 is 0 Å². The normalized spacial score (nSPS) is 13.0. The Bertz CT molecular complexity index is 707. The van der Waals surface area contributed by atoms with Gasteiger partial charge < -0.3 is 22.1 Å². The minimum atomic E-state index is -0.537. The molecule has 0 spiro atoms. The van der Waals surface area contributed by atoms with E-state index in [-0.39, 0.29) is 11.8 Å². The standard InChI is InChI=1S/C43H84N4O2/c1-3-5-7-9-11-13-15-17-19-21-23-25-27-29-31-33-38-46-42(48)40(44)36-35-37-41(45)43(49)47-39-34-32-30-28-26-24-22-20-18-16-14-12-10-8-6-4-2/h17-20,40-41H,3-16,21-39,44-45H2,1-2H3,(H,46,48)(H,47,49). The first-order valence-corrected chi connectivity index (χ1v) is 21.4. The molecular formula is C43H84N4O2. The predicted octanol–water partition coefficient (Wildman–Crippen LogP) is 11.1. The fourth-order valence-corrected chi connectivity index (χ4v) is 6.25. The van der Waals surface area contributed by atoms with Gasteiger partial charge in [-0.25, -0.2) is 0 Å². The van der Waals surface area contributed by atoms with Gasteiger partial charge in [-0.15, -0.1) is 0 Å². The van der Waals surface area contributed by atoms with E-state index in [4.69, 9.17) is 11.5 Å². The minimum absolute atomic E-state index is 0.0919. The Labute approximate surface area is 305 Å². The maximum atomic E-state index is 12.3. The van der Waals surface area contributed by atoms with Crippen LogP contribution in [0, 0.1) is 0 Å². The van der Waals surface area contributed by atoms with Crippen LogP contribution in [0.1, 0.15) is 213 Å². The van der Waals surface area contributed by atoms with Gasteiger partial charge in [0.1, 0.15) is 0 Å². The van der Waals surface area contributed by atoms with Gasteiger partial charge in [-0.2, -0.15) is 0 Å².